The first-order valence-corrected chi connectivity index (χ1v) is 9.05. The first-order valence-electron chi connectivity index (χ1n) is 8.67. The maximum atomic E-state index is 12.8. The van der Waals surface area contributed by atoms with Gasteiger partial charge in [0.15, 0.2) is 5.78 Å². The Morgan fingerprint density at radius 2 is 1.85 bits per heavy atom. The van der Waals surface area contributed by atoms with E-state index in [9.17, 15) is 4.79 Å². The quantitative estimate of drug-likeness (QED) is 0.834. The van der Waals surface area contributed by atoms with Crippen molar-refractivity contribution in [3.63, 3.8) is 0 Å². The molecule has 0 saturated carbocycles. The number of hydrogen-bond donors (Lipinski definition) is 1. The average molecular weight is 370 g/mol. The normalized spacial score (nSPS) is 18.7. The van der Waals surface area contributed by atoms with Gasteiger partial charge in [0.1, 0.15) is 11.5 Å². The van der Waals surface area contributed by atoms with Crippen molar-refractivity contribution < 1.29 is 14.3 Å². The van der Waals surface area contributed by atoms with Crippen molar-refractivity contribution in [2.75, 3.05) is 19.5 Å². The Bertz CT molecular complexity index is 902. The number of rotatable bonds is 3. The topological polar surface area (TPSA) is 47.6 Å². The maximum absolute atomic E-state index is 12.8. The lowest BCUT2D eigenvalue weighted by atomic mass is 9.75. The summed E-state index contributed by atoms with van der Waals surface area (Å²) in [5, 5.41) is 4.14. The summed E-state index contributed by atoms with van der Waals surface area (Å²) in [6, 6.07) is 11.5. The Hall–Kier alpha value is -2.46. The van der Waals surface area contributed by atoms with E-state index in [1.54, 1.807) is 14.2 Å². The van der Waals surface area contributed by atoms with Gasteiger partial charge in [-0.15, -0.1) is 0 Å². The second kappa shape index (κ2) is 6.69. The lowest BCUT2D eigenvalue weighted by Crippen LogP contribution is -2.27. The third kappa shape index (κ3) is 2.74. The molecule has 0 unspecified atom stereocenters. The molecule has 2 aliphatic rings. The minimum Gasteiger partial charge on any atom is -0.497 e. The molecule has 0 aromatic heterocycles. The zero-order valence-electron chi connectivity index (χ0n) is 14.8. The van der Waals surface area contributed by atoms with Crippen molar-refractivity contribution in [1.82, 2.24) is 0 Å². The highest BCUT2D eigenvalue weighted by Gasteiger charge is 2.37. The Balaban J connectivity index is 1.97. The minimum atomic E-state index is -0.174. The monoisotopic (exact) mass is 369 g/mol. The van der Waals surface area contributed by atoms with E-state index in [4.69, 9.17) is 21.1 Å². The molecule has 4 nitrogen and oxygen atoms in total. The van der Waals surface area contributed by atoms with Crippen molar-refractivity contribution in [1.29, 1.82) is 0 Å². The number of carbonyl (C=O) groups excluding carboxylic acids is 1. The third-order valence-electron chi connectivity index (χ3n) is 5.09. The van der Waals surface area contributed by atoms with Crippen LogP contribution in [0.3, 0.4) is 0 Å². The van der Waals surface area contributed by atoms with Crippen LogP contribution in [-0.4, -0.2) is 20.0 Å². The first-order chi connectivity index (χ1) is 12.6. The van der Waals surface area contributed by atoms with Crippen molar-refractivity contribution in [3.05, 3.63) is 63.8 Å². The number of methoxy groups -OCH3 is 2. The second-order valence-electron chi connectivity index (χ2n) is 6.57. The van der Waals surface area contributed by atoms with Crippen LogP contribution in [0.2, 0.25) is 5.02 Å². The van der Waals surface area contributed by atoms with Gasteiger partial charge in [0.05, 0.1) is 14.2 Å². The van der Waals surface area contributed by atoms with Gasteiger partial charge in [-0.1, -0.05) is 23.7 Å². The molecule has 26 heavy (non-hydrogen) atoms. The molecule has 0 amide bonds. The van der Waals surface area contributed by atoms with Gasteiger partial charge in [-0.05, 0) is 30.5 Å². The summed E-state index contributed by atoms with van der Waals surface area (Å²) >= 11 is 6.08. The van der Waals surface area contributed by atoms with Gasteiger partial charge in [0.2, 0.25) is 0 Å². The molecule has 2 aromatic carbocycles. The molecule has 1 N–H and O–H groups in total. The van der Waals surface area contributed by atoms with Gasteiger partial charge in [-0.25, -0.2) is 0 Å². The van der Waals surface area contributed by atoms with E-state index < -0.39 is 0 Å². The van der Waals surface area contributed by atoms with Crippen LogP contribution in [0.25, 0.3) is 0 Å². The van der Waals surface area contributed by atoms with Gasteiger partial charge in [0.25, 0.3) is 0 Å². The Morgan fingerprint density at radius 1 is 1.08 bits per heavy atom. The Kier molecular flexibility index (Phi) is 4.37. The number of anilines is 1. The SMILES string of the molecule is COc1cc2c(c(OC)c1)[C@@H](c1ccc(Cl)cc1)C1=C(CCCC1=O)N2. The largest absolute Gasteiger partial charge is 0.497 e. The van der Waals surface area contributed by atoms with Crippen LogP contribution in [-0.2, 0) is 4.79 Å². The van der Waals surface area contributed by atoms with Gasteiger partial charge >= 0.3 is 0 Å². The predicted molar refractivity (Wildman–Crippen MR) is 102 cm³/mol. The Morgan fingerprint density at radius 3 is 2.54 bits per heavy atom. The van der Waals surface area contributed by atoms with Gasteiger partial charge in [-0.3, -0.25) is 4.79 Å². The molecule has 0 fully saturated rings. The lowest BCUT2D eigenvalue weighted by molar-refractivity contribution is -0.116. The summed E-state index contributed by atoms with van der Waals surface area (Å²) < 4.78 is 11.1. The highest BCUT2D eigenvalue weighted by Crippen LogP contribution is 2.50. The molecule has 0 spiro atoms. The molecule has 2 aromatic rings. The van der Waals surface area contributed by atoms with E-state index in [0.29, 0.717) is 22.9 Å². The van der Waals surface area contributed by atoms with Crippen molar-refractivity contribution >= 4 is 23.1 Å². The van der Waals surface area contributed by atoms with Crippen LogP contribution in [0, 0.1) is 0 Å². The van der Waals surface area contributed by atoms with Crippen LogP contribution in [0.5, 0.6) is 11.5 Å². The van der Waals surface area contributed by atoms with Crippen molar-refractivity contribution in [2.24, 2.45) is 0 Å². The molecular formula is C21H20ClNO3. The summed E-state index contributed by atoms with van der Waals surface area (Å²) in [5.74, 6) is 1.44. The minimum absolute atomic E-state index is 0.174. The van der Waals surface area contributed by atoms with Gasteiger partial charge in [-0.2, -0.15) is 0 Å². The molecule has 1 aliphatic carbocycles. The summed E-state index contributed by atoms with van der Waals surface area (Å²) in [6.07, 6.45) is 2.32. The molecular weight excluding hydrogens is 350 g/mol. The van der Waals surface area contributed by atoms with E-state index >= 15 is 0 Å². The average Bonchev–Trinajstić information content (AvgIpc) is 2.66. The standard InChI is InChI=1S/C21H20ClNO3/c1-25-14-10-16-21(18(11-14)26-2)19(12-6-8-13(22)9-7-12)20-15(23-16)4-3-5-17(20)24/h6-11,19,23H,3-5H2,1-2H3/t19-/m0/s1. The van der Waals surface area contributed by atoms with Crippen LogP contribution in [0.15, 0.2) is 47.7 Å². The zero-order valence-corrected chi connectivity index (χ0v) is 15.5. The van der Waals surface area contributed by atoms with E-state index in [1.807, 2.05) is 36.4 Å². The molecule has 4 rings (SSSR count). The zero-order chi connectivity index (χ0) is 18.3. The third-order valence-corrected chi connectivity index (χ3v) is 5.35. The number of allylic oxidation sites excluding steroid dienone is 2. The number of benzene rings is 2. The lowest BCUT2D eigenvalue weighted by Gasteiger charge is -2.35. The fourth-order valence-electron chi connectivity index (χ4n) is 3.91. The number of nitrogens with one attached hydrogen (secondary N) is 1. The summed E-state index contributed by atoms with van der Waals surface area (Å²) in [5.41, 5.74) is 4.76. The van der Waals surface area contributed by atoms with Crippen LogP contribution >= 0.6 is 11.6 Å². The maximum Gasteiger partial charge on any atom is 0.161 e. The molecule has 0 radical (unpaired) electrons. The number of ether oxygens (including phenoxy) is 2. The summed E-state index contributed by atoms with van der Waals surface area (Å²) in [4.78, 5) is 12.8. The van der Waals surface area contributed by atoms with Crippen molar-refractivity contribution in [2.45, 2.75) is 25.2 Å². The molecule has 0 bridgehead atoms. The molecule has 134 valence electrons. The van der Waals surface area contributed by atoms with Crippen LogP contribution in [0.4, 0.5) is 5.69 Å². The number of hydrogen-bond acceptors (Lipinski definition) is 4. The van der Waals surface area contributed by atoms with E-state index in [0.717, 1.165) is 40.9 Å². The van der Waals surface area contributed by atoms with Crippen LogP contribution < -0.4 is 14.8 Å². The predicted octanol–water partition coefficient (Wildman–Crippen LogP) is 4.92. The smallest absolute Gasteiger partial charge is 0.161 e. The molecule has 1 aliphatic heterocycles. The van der Waals surface area contributed by atoms with E-state index in [2.05, 4.69) is 5.32 Å². The highest BCUT2D eigenvalue weighted by molar-refractivity contribution is 6.30. The summed E-state index contributed by atoms with van der Waals surface area (Å²) in [6.45, 7) is 0. The number of carbonyl (C=O) groups is 1. The second-order valence-corrected chi connectivity index (χ2v) is 7.01. The van der Waals surface area contributed by atoms with Gasteiger partial charge in [0, 0.05) is 52.0 Å². The first kappa shape index (κ1) is 17.0. The van der Waals surface area contributed by atoms with Crippen molar-refractivity contribution in [3.8, 4) is 11.5 Å². The number of ketones is 1. The molecule has 1 heterocycles. The molecule has 1 atom stereocenters. The molecule has 5 heteroatoms. The molecule has 0 saturated heterocycles. The number of halogens is 1. The Labute approximate surface area is 157 Å². The van der Waals surface area contributed by atoms with Crippen LogP contribution in [0.1, 0.15) is 36.3 Å². The number of fused-ring (bicyclic) bond motifs is 1. The summed E-state index contributed by atoms with van der Waals surface area (Å²) in [7, 11) is 3.27. The number of Topliss-reactive ketones (excluding diaryl/α,β-unsaturated/α-hetero) is 1. The highest BCUT2D eigenvalue weighted by atomic mass is 35.5. The van der Waals surface area contributed by atoms with E-state index in [-0.39, 0.29) is 11.7 Å². The van der Waals surface area contributed by atoms with E-state index in [1.165, 1.54) is 0 Å². The van der Waals surface area contributed by atoms with Gasteiger partial charge < -0.3 is 14.8 Å². The fourth-order valence-corrected chi connectivity index (χ4v) is 4.04. The fraction of sp³-hybridized carbons (Fsp3) is 0.286.